The largest absolute Gasteiger partial charge is 0.365 e. The first kappa shape index (κ1) is 12.1. The monoisotopic (exact) mass is 269 g/mol. The van der Waals surface area contributed by atoms with E-state index in [0.717, 1.165) is 10.8 Å². The fourth-order valence-corrected chi connectivity index (χ4v) is 2.50. The standard InChI is InChI=1S/C11H12ClN3OS/c1-15-7-6-14-10(11(15)16)13-5-4-8-2-3-9(12)17-8/h2-3,6-7H,4-5H2,1H3,(H,13,14). The van der Waals surface area contributed by atoms with Crippen LogP contribution < -0.4 is 10.9 Å². The summed E-state index contributed by atoms with van der Waals surface area (Å²) in [5.74, 6) is 0.387. The van der Waals surface area contributed by atoms with E-state index in [9.17, 15) is 4.79 Å². The Hall–Kier alpha value is -1.33. The summed E-state index contributed by atoms with van der Waals surface area (Å²) in [6, 6.07) is 3.87. The summed E-state index contributed by atoms with van der Waals surface area (Å²) < 4.78 is 2.28. The lowest BCUT2D eigenvalue weighted by Gasteiger charge is -2.04. The van der Waals surface area contributed by atoms with Crippen molar-refractivity contribution in [3.05, 3.63) is 44.1 Å². The molecule has 2 heterocycles. The average Bonchev–Trinajstić information content (AvgIpc) is 2.70. The number of nitrogens with one attached hydrogen (secondary N) is 1. The Balaban J connectivity index is 1.94. The number of anilines is 1. The fourth-order valence-electron chi connectivity index (χ4n) is 1.41. The SMILES string of the molecule is Cn1ccnc(NCCc2ccc(Cl)s2)c1=O. The summed E-state index contributed by atoms with van der Waals surface area (Å²) in [5.41, 5.74) is -0.114. The third-order valence-corrected chi connectivity index (χ3v) is 3.60. The molecule has 0 aliphatic heterocycles. The van der Waals surface area contributed by atoms with Gasteiger partial charge in [-0.1, -0.05) is 11.6 Å². The number of halogens is 1. The molecule has 0 saturated heterocycles. The minimum absolute atomic E-state index is 0.114. The minimum Gasteiger partial charge on any atom is -0.365 e. The van der Waals surface area contributed by atoms with Gasteiger partial charge in [0.15, 0.2) is 5.82 Å². The molecule has 0 spiro atoms. The Morgan fingerprint density at radius 1 is 1.53 bits per heavy atom. The molecule has 0 radical (unpaired) electrons. The quantitative estimate of drug-likeness (QED) is 0.925. The zero-order valence-electron chi connectivity index (χ0n) is 9.31. The first-order valence-electron chi connectivity index (χ1n) is 5.16. The van der Waals surface area contributed by atoms with Crippen LogP contribution in [0.15, 0.2) is 29.3 Å². The molecule has 4 nitrogen and oxygen atoms in total. The fraction of sp³-hybridized carbons (Fsp3) is 0.273. The summed E-state index contributed by atoms with van der Waals surface area (Å²) in [6.45, 7) is 0.670. The molecule has 0 fully saturated rings. The first-order valence-corrected chi connectivity index (χ1v) is 6.36. The number of thiophene rings is 1. The molecule has 0 aliphatic rings. The van der Waals surface area contributed by atoms with Crippen LogP contribution in [0.1, 0.15) is 4.88 Å². The van der Waals surface area contributed by atoms with Gasteiger partial charge in [0, 0.05) is 30.9 Å². The third-order valence-electron chi connectivity index (χ3n) is 2.31. The van der Waals surface area contributed by atoms with Crippen LogP contribution >= 0.6 is 22.9 Å². The van der Waals surface area contributed by atoms with Crippen LogP contribution in [0.3, 0.4) is 0 Å². The predicted octanol–water partition coefficient (Wildman–Crippen LogP) is 2.15. The molecule has 90 valence electrons. The van der Waals surface area contributed by atoms with Gasteiger partial charge >= 0.3 is 0 Å². The maximum Gasteiger partial charge on any atom is 0.293 e. The van der Waals surface area contributed by atoms with E-state index in [4.69, 9.17) is 11.6 Å². The van der Waals surface area contributed by atoms with E-state index in [1.54, 1.807) is 30.8 Å². The van der Waals surface area contributed by atoms with Gasteiger partial charge in [0.1, 0.15) is 0 Å². The second-order valence-electron chi connectivity index (χ2n) is 3.57. The summed E-state index contributed by atoms with van der Waals surface area (Å²) >= 11 is 7.39. The molecule has 0 unspecified atom stereocenters. The molecule has 0 bridgehead atoms. The molecule has 2 aromatic heterocycles. The first-order chi connectivity index (χ1) is 8.16. The zero-order valence-corrected chi connectivity index (χ0v) is 10.9. The maximum atomic E-state index is 11.6. The summed E-state index contributed by atoms with van der Waals surface area (Å²) in [4.78, 5) is 16.8. The number of hydrogen-bond donors (Lipinski definition) is 1. The highest BCUT2D eigenvalue weighted by molar-refractivity contribution is 7.16. The molecule has 2 aromatic rings. The van der Waals surface area contributed by atoms with E-state index in [-0.39, 0.29) is 5.56 Å². The van der Waals surface area contributed by atoms with E-state index in [1.165, 1.54) is 9.44 Å². The molecular formula is C11H12ClN3OS. The van der Waals surface area contributed by atoms with Crippen molar-refractivity contribution in [3.63, 3.8) is 0 Å². The third kappa shape index (κ3) is 3.08. The molecule has 0 aliphatic carbocycles. The number of rotatable bonds is 4. The van der Waals surface area contributed by atoms with E-state index >= 15 is 0 Å². The van der Waals surface area contributed by atoms with Crippen molar-refractivity contribution in [2.24, 2.45) is 7.05 Å². The highest BCUT2D eigenvalue weighted by atomic mass is 35.5. The Morgan fingerprint density at radius 2 is 2.35 bits per heavy atom. The molecule has 0 atom stereocenters. The zero-order chi connectivity index (χ0) is 12.3. The number of aryl methyl sites for hydroxylation is 1. The van der Waals surface area contributed by atoms with Crippen molar-refractivity contribution in [1.29, 1.82) is 0 Å². The van der Waals surface area contributed by atoms with Gasteiger partial charge in [-0.05, 0) is 18.6 Å². The topological polar surface area (TPSA) is 46.9 Å². The molecule has 1 N–H and O–H groups in total. The minimum atomic E-state index is -0.114. The van der Waals surface area contributed by atoms with Crippen LogP contribution in [-0.4, -0.2) is 16.1 Å². The van der Waals surface area contributed by atoms with E-state index < -0.39 is 0 Å². The van der Waals surface area contributed by atoms with Gasteiger partial charge in [0.05, 0.1) is 4.34 Å². The number of aromatic nitrogens is 2. The van der Waals surface area contributed by atoms with E-state index in [1.807, 2.05) is 12.1 Å². The average molecular weight is 270 g/mol. The summed E-state index contributed by atoms with van der Waals surface area (Å²) in [7, 11) is 1.70. The van der Waals surface area contributed by atoms with Crippen LogP contribution in [0.25, 0.3) is 0 Å². The van der Waals surface area contributed by atoms with Gasteiger partial charge in [0.25, 0.3) is 5.56 Å². The highest BCUT2D eigenvalue weighted by Crippen LogP contribution is 2.21. The lowest BCUT2D eigenvalue weighted by molar-refractivity contribution is 0.838. The molecular weight excluding hydrogens is 258 g/mol. The maximum absolute atomic E-state index is 11.6. The Bertz CT molecular complexity index is 564. The lowest BCUT2D eigenvalue weighted by Crippen LogP contribution is -2.22. The predicted molar refractivity (Wildman–Crippen MR) is 71.0 cm³/mol. The van der Waals surface area contributed by atoms with Crippen molar-refractivity contribution < 1.29 is 0 Å². The summed E-state index contributed by atoms with van der Waals surface area (Å²) in [5, 5.41) is 3.03. The van der Waals surface area contributed by atoms with Crippen LogP contribution in [0, 0.1) is 0 Å². The molecule has 0 saturated carbocycles. The molecule has 0 amide bonds. The van der Waals surface area contributed by atoms with Crippen LogP contribution in [0.5, 0.6) is 0 Å². The van der Waals surface area contributed by atoms with E-state index in [0.29, 0.717) is 12.4 Å². The van der Waals surface area contributed by atoms with Crippen molar-refractivity contribution in [2.45, 2.75) is 6.42 Å². The molecule has 6 heteroatoms. The Kier molecular flexibility index (Phi) is 3.81. The smallest absolute Gasteiger partial charge is 0.293 e. The molecule has 0 aromatic carbocycles. The van der Waals surface area contributed by atoms with Crippen molar-refractivity contribution in [1.82, 2.24) is 9.55 Å². The van der Waals surface area contributed by atoms with Crippen molar-refractivity contribution in [2.75, 3.05) is 11.9 Å². The van der Waals surface area contributed by atoms with Crippen molar-refractivity contribution >= 4 is 28.8 Å². The van der Waals surface area contributed by atoms with E-state index in [2.05, 4.69) is 10.3 Å². The molecule has 2 rings (SSSR count). The van der Waals surface area contributed by atoms with Crippen LogP contribution in [-0.2, 0) is 13.5 Å². The summed E-state index contributed by atoms with van der Waals surface area (Å²) in [6.07, 6.45) is 4.06. The lowest BCUT2D eigenvalue weighted by atomic mass is 10.3. The molecule has 17 heavy (non-hydrogen) atoms. The number of nitrogens with zero attached hydrogens (tertiary/aromatic N) is 2. The van der Waals surface area contributed by atoms with Crippen LogP contribution in [0.4, 0.5) is 5.82 Å². The van der Waals surface area contributed by atoms with Gasteiger partial charge in [-0.15, -0.1) is 11.3 Å². The number of hydrogen-bond acceptors (Lipinski definition) is 4. The van der Waals surface area contributed by atoms with Crippen molar-refractivity contribution in [3.8, 4) is 0 Å². The van der Waals surface area contributed by atoms with Gasteiger partial charge in [0.2, 0.25) is 0 Å². The highest BCUT2D eigenvalue weighted by Gasteiger charge is 2.02. The van der Waals surface area contributed by atoms with Crippen LogP contribution in [0.2, 0.25) is 4.34 Å². The Morgan fingerprint density at radius 3 is 3.06 bits per heavy atom. The normalized spacial score (nSPS) is 10.5. The second-order valence-corrected chi connectivity index (χ2v) is 5.37. The van der Waals surface area contributed by atoms with Gasteiger partial charge in [-0.3, -0.25) is 4.79 Å². The van der Waals surface area contributed by atoms with Gasteiger partial charge in [-0.2, -0.15) is 0 Å². The second kappa shape index (κ2) is 5.33. The van der Waals surface area contributed by atoms with Gasteiger partial charge < -0.3 is 9.88 Å². The van der Waals surface area contributed by atoms with Gasteiger partial charge in [-0.25, -0.2) is 4.98 Å². The Labute approximate surface area is 108 Å².